The number of fused-ring (bicyclic) bond motifs is 1. The molecule has 0 spiro atoms. The molecule has 1 amide bonds. The Morgan fingerprint density at radius 2 is 1.85 bits per heavy atom. The number of methoxy groups -OCH3 is 1. The molecular formula is C23H23NO3. The lowest BCUT2D eigenvalue weighted by molar-refractivity contribution is -0.133. The molecule has 1 N–H and O–H groups in total. The third kappa shape index (κ3) is 3.81. The number of rotatable bonds is 5. The van der Waals surface area contributed by atoms with Crippen molar-refractivity contribution in [2.45, 2.75) is 18.9 Å². The topological polar surface area (TPSA) is 47.6 Å². The van der Waals surface area contributed by atoms with E-state index in [1.165, 1.54) is 16.3 Å². The summed E-state index contributed by atoms with van der Waals surface area (Å²) in [6.45, 7) is 0.621. The number of aryl methyl sites for hydroxylation is 2. The van der Waals surface area contributed by atoms with E-state index in [0.29, 0.717) is 6.54 Å². The average molecular weight is 361 g/mol. The van der Waals surface area contributed by atoms with Gasteiger partial charge >= 0.3 is 0 Å². The molecule has 1 unspecified atom stereocenters. The average Bonchev–Trinajstić information content (AvgIpc) is 2.72. The van der Waals surface area contributed by atoms with E-state index in [1.807, 2.05) is 12.1 Å². The van der Waals surface area contributed by atoms with E-state index in [0.717, 1.165) is 29.7 Å². The van der Waals surface area contributed by atoms with Crippen molar-refractivity contribution in [3.8, 4) is 5.75 Å². The fraction of sp³-hybridized carbons (Fsp3) is 0.261. The van der Waals surface area contributed by atoms with E-state index < -0.39 is 0 Å². The molecule has 3 aromatic carbocycles. The first kappa shape index (κ1) is 17.6. The zero-order valence-corrected chi connectivity index (χ0v) is 15.4. The van der Waals surface area contributed by atoms with Gasteiger partial charge in [-0.15, -0.1) is 0 Å². The molecule has 0 aromatic heterocycles. The standard InChI is InChI=1S/C23H23NO3/c1-26-21-12-11-19(22-14-24-23(25)15-27-22)13-18(21)10-9-17-7-4-6-16-5-2-3-8-20(16)17/h2-8,11-13,22H,9-10,14-15H2,1H3,(H,24,25). The van der Waals surface area contributed by atoms with Crippen molar-refractivity contribution in [1.82, 2.24) is 5.32 Å². The third-order valence-electron chi connectivity index (χ3n) is 5.12. The number of hydrogen-bond donors (Lipinski definition) is 1. The minimum atomic E-state index is -0.107. The molecule has 138 valence electrons. The Kier molecular flexibility index (Phi) is 5.07. The van der Waals surface area contributed by atoms with Crippen molar-refractivity contribution in [1.29, 1.82) is 0 Å². The van der Waals surface area contributed by atoms with Crippen LogP contribution in [0.2, 0.25) is 0 Å². The van der Waals surface area contributed by atoms with Crippen LogP contribution in [0, 0.1) is 0 Å². The Hall–Kier alpha value is -2.85. The highest BCUT2D eigenvalue weighted by atomic mass is 16.5. The number of hydrogen-bond acceptors (Lipinski definition) is 3. The summed E-state index contributed by atoms with van der Waals surface area (Å²) in [5.74, 6) is 0.828. The molecule has 1 heterocycles. The highest BCUT2D eigenvalue weighted by Gasteiger charge is 2.21. The Labute approximate surface area is 159 Å². The molecule has 4 rings (SSSR count). The van der Waals surface area contributed by atoms with Gasteiger partial charge in [0.05, 0.1) is 7.11 Å². The lowest BCUT2D eigenvalue weighted by atomic mass is 9.96. The number of benzene rings is 3. The highest BCUT2D eigenvalue weighted by molar-refractivity contribution is 5.85. The maximum atomic E-state index is 11.3. The molecule has 0 saturated carbocycles. The lowest BCUT2D eigenvalue weighted by Crippen LogP contribution is -2.38. The largest absolute Gasteiger partial charge is 0.496 e. The van der Waals surface area contributed by atoms with Gasteiger partial charge in [-0.2, -0.15) is 0 Å². The first-order valence-electron chi connectivity index (χ1n) is 9.26. The summed E-state index contributed by atoms with van der Waals surface area (Å²) < 4.78 is 11.2. The number of carbonyl (C=O) groups excluding carboxylic acids is 1. The number of amides is 1. The SMILES string of the molecule is COc1ccc(C2CNC(=O)CO2)cc1CCc1cccc2ccccc12. The molecule has 0 bridgehead atoms. The predicted octanol–water partition coefficient (Wildman–Crippen LogP) is 3.82. The molecule has 1 aliphatic rings. The summed E-state index contributed by atoms with van der Waals surface area (Å²) >= 11 is 0. The minimum absolute atomic E-state index is 0.0593. The van der Waals surface area contributed by atoms with Crippen LogP contribution >= 0.6 is 0 Å². The van der Waals surface area contributed by atoms with Crippen molar-refractivity contribution in [2.75, 3.05) is 20.3 Å². The van der Waals surface area contributed by atoms with Crippen LogP contribution < -0.4 is 10.1 Å². The third-order valence-corrected chi connectivity index (χ3v) is 5.12. The lowest BCUT2D eigenvalue weighted by Gasteiger charge is -2.24. The molecule has 4 heteroatoms. The number of ether oxygens (including phenoxy) is 2. The molecule has 1 aliphatic heterocycles. The quantitative estimate of drug-likeness (QED) is 0.751. The van der Waals surface area contributed by atoms with E-state index >= 15 is 0 Å². The van der Waals surface area contributed by atoms with Crippen LogP contribution in [0.15, 0.2) is 60.7 Å². The summed E-state index contributed by atoms with van der Waals surface area (Å²) in [5.41, 5.74) is 3.56. The first-order chi connectivity index (χ1) is 13.2. The van der Waals surface area contributed by atoms with Crippen LogP contribution in [-0.4, -0.2) is 26.2 Å². The van der Waals surface area contributed by atoms with Crippen LogP contribution in [0.3, 0.4) is 0 Å². The van der Waals surface area contributed by atoms with E-state index in [1.54, 1.807) is 7.11 Å². The van der Waals surface area contributed by atoms with Gasteiger partial charge in [0.25, 0.3) is 0 Å². The zero-order valence-electron chi connectivity index (χ0n) is 15.4. The maximum absolute atomic E-state index is 11.3. The number of nitrogens with one attached hydrogen (secondary N) is 1. The van der Waals surface area contributed by atoms with E-state index in [9.17, 15) is 4.79 Å². The van der Waals surface area contributed by atoms with Gasteiger partial charge in [0.1, 0.15) is 18.5 Å². The van der Waals surface area contributed by atoms with Gasteiger partial charge in [-0.1, -0.05) is 48.5 Å². The van der Waals surface area contributed by atoms with Crippen molar-refractivity contribution < 1.29 is 14.3 Å². The van der Waals surface area contributed by atoms with Gasteiger partial charge in [0, 0.05) is 6.54 Å². The second kappa shape index (κ2) is 7.80. The summed E-state index contributed by atoms with van der Waals surface area (Å²) in [7, 11) is 1.70. The number of morpholine rings is 1. The van der Waals surface area contributed by atoms with Gasteiger partial charge in [-0.3, -0.25) is 4.79 Å². The van der Waals surface area contributed by atoms with Crippen molar-refractivity contribution >= 4 is 16.7 Å². The Balaban J connectivity index is 1.57. The highest BCUT2D eigenvalue weighted by Crippen LogP contribution is 2.28. The first-order valence-corrected chi connectivity index (χ1v) is 9.26. The fourth-order valence-corrected chi connectivity index (χ4v) is 3.68. The zero-order chi connectivity index (χ0) is 18.6. The van der Waals surface area contributed by atoms with Crippen LogP contribution in [0.25, 0.3) is 10.8 Å². The van der Waals surface area contributed by atoms with E-state index in [4.69, 9.17) is 9.47 Å². The maximum Gasteiger partial charge on any atom is 0.246 e. The molecule has 1 fully saturated rings. The van der Waals surface area contributed by atoms with Crippen LogP contribution in [0.1, 0.15) is 22.8 Å². The Morgan fingerprint density at radius 1 is 1.04 bits per heavy atom. The van der Waals surface area contributed by atoms with Crippen molar-refractivity contribution in [3.63, 3.8) is 0 Å². The second-order valence-corrected chi connectivity index (χ2v) is 6.81. The Morgan fingerprint density at radius 3 is 2.67 bits per heavy atom. The molecular weight excluding hydrogens is 338 g/mol. The normalized spacial score (nSPS) is 16.9. The molecule has 0 aliphatic carbocycles. The van der Waals surface area contributed by atoms with Crippen molar-refractivity contribution in [3.05, 3.63) is 77.4 Å². The van der Waals surface area contributed by atoms with Crippen LogP contribution in [0.5, 0.6) is 5.75 Å². The smallest absolute Gasteiger partial charge is 0.246 e. The van der Waals surface area contributed by atoms with E-state index in [2.05, 4.69) is 53.8 Å². The summed E-state index contributed by atoms with van der Waals surface area (Å²) in [6.07, 6.45) is 1.71. The van der Waals surface area contributed by atoms with Gasteiger partial charge in [0.15, 0.2) is 0 Å². The summed E-state index contributed by atoms with van der Waals surface area (Å²) in [4.78, 5) is 11.3. The van der Waals surface area contributed by atoms with Gasteiger partial charge in [-0.05, 0) is 52.4 Å². The molecule has 3 aromatic rings. The van der Waals surface area contributed by atoms with Crippen LogP contribution in [0.4, 0.5) is 0 Å². The minimum Gasteiger partial charge on any atom is -0.496 e. The molecule has 1 atom stereocenters. The van der Waals surface area contributed by atoms with Crippen molar-refractivity contribution in [2.24, 2.45) is 0 Å². The predicted molar refractivity (Wildman–Crippen MR) is 106 cm³/mol. The molecule has 1 saturated heterocycles. The van der Waals surface area contributed by atoms with Gasteiger partial charge < -0.3 is 14.8 Å². The van der Waals surface area contributed by atoms with E-state index in [-0.39, 0.29) is 18.6 Å². The monoisotopic (exact) mass is 361 g/mol. The second-order valence-electron chi connectivity index (χ2n) is 6.81. The molecule has 27 heavy (non-hydrogen) atoms. The Bertz CT molecular complexity index is 951. The summed E-state index contributed by atoms with van der Waals surface area (Å²) in [5, 5.41) is 5.43. The number of carbonyl (C=O) groups is 1. The summed E-state index contributed by atoms with van der Waals surface area (Å²) in [6, 6.07) is 21.1. The molecule has 4 nitrogen and oxygen atoms in total. The fourth-order valence-electron chi connectivity index (χ4n) is 3.68. The molecule has 0 radical (unpaired) electrons. The van der Waals surface area contributed by atoms with Crippen LogP contribution in [-0.2, 0) is 22.4 Å². The van der Waals surface area contributed by atoms with Gasteiger partial charge in [0.2, 0.25) is 5.91 Å². The van der Waals surface area contributed by atoms with Gasteiger partial charge in [-0.25, -0.2) is 0 Å².